The molecule has 0 fully saturated rings. The summed E-state index contributed by atoms with van der Waals surface area (Å²) < 4.78 is 1.06. The Kier molecular flexibility index (Phi) is 3.77. The van der Waals surface area contributed by atoms with Crippen LogP contribution in [-0.4, -0.2) is 0 Å². The second kappa shape index (κ2) is 4.94. The standard InChI is InChI=1S/C13H9Cl2I/c1-8-2-3-9(6-11(8)14)10-4-5-13(16)12(15)7-10/h2-7H,1H3. The predicted molar refractivity (Wildman–Crippen MR) is 79.4 cm³/mol. The number of aryl methyl sites for hydroxylation is 1. The van der Waals surface area contributed by atoms with E-state index in [4.69, 9.17) is 23.2 Å². The molecule has 2 aromatic carbocycles. The highest BCUT2D eigenvalue weighted by Crippen LogP contribution is 2.29. The lowest BCUT2D eigenvalue weighted by Gasteiger charge is -2.05. The number of hydrogen-bond donors (Lipinski definition) is 0. The zero-order chi connectivity index (χ0) is 11.7. The molecule has 82 valence electrons. The van der Waals surface area contributed by atoms with Crippen molar-refractivity contribution in [3.63, 3.8) is 0 Å². The highest BCUT2D eigenvalue weighted by molar-refractivity contribution is 14.1. The minimum absolute atomic E-state index is 0.773. The van der Waals surface area contributed by atoms with E-state index in [9.17, 15) is 0 Å². The molecule has 0 saturated heterocycles. The summed E-state index contributed by atoms with van der Waals surface area (Å²) in [5.41, 5.74) is 3.27. The first kappa shape index (κ1) is 12.2. The number of benzene rings is 2. The monoisotopic (exact) mass is 362 g/mol. The van der Waals surface area contributed by atoms with Gasteiger partial charge in [-0.3, -0.25) is 0 Å². The average Bonchev–Trinajstić information content (AvgIpc) is 2.26. The molecule has 0 aromatic heterocycles. The van der Waals surface area contributed by atoms with E-state index in [0.717, 1.165) is 30.3 Å². The Bertz CT molecular complexity index is 486. The van der Waals surface area contributed by atoms with E-state index < -0.39 is 0 Å². The van der Waals surface area contributed by atoms with Crippen molar-refractivity contribution in [2.24, 2.45) is 0 Å². The molecule has 0 nitrogen and oxygen atoms in total. The lowest BCUT2D eigenvalue weighted by molar-refractivity contribution is 1.46. The first-order valence-electron chi connectivity index (χ1n) is 4.79. The summed E-state index contributed by atoms with van der Waals surface area (Å²) >= 11 is 14.4. The van der Waals surface area contributed by atoms with Crippen LogP contribution in [0.25, 0.3) is 11.1 Å². The highest BCUT2D eigenvalue weighted by atomic mass is 127. The van der Waals surface area contributed by atoms with Crippen LogP contribution in [0.3, 0.4) is 0 Å². The molecule has 0 radical (unpaired) electrons. The van der Waals surface area contributed by atoms with Crippen molar-refractivity contribution < 1.29 is 0 Å². The van der Waals surface area contributed by atoms with Crippen molar-refractivity contribution in [2.75, 3.05) is 0 Å². The van der Waals surface area contributed by atoms with Crippen LogP contribution in [0.1, 0.15) is 5.56 Å². The van der Waals surface area contributed by atoms with Gasteiger partial charge in [0.25, 0.3) is 0 Å². The third-order valence-electron chi connectivity index (χ3n) is 2.42. The van der Waals surface area contributed by atoms with E-state index >= 15 is 0 Å². The quantitative estimate of drug-likeness (QED) is 0.581. The zero-order valence-electron chi connectivity index (χ0n) is 8.60. The van der Waals surface area contributed by atoms with Gasteiger partial charge in [-0.2, -0.15) is 0 Å². The molecular weight excluding hydrogens is 354 g/mol. The summed E-state index contributed by atoms with van der Waals surface area (Å²) in [4.78, 5) is 0. The fourth-order valence-electron chi connectivity index (χ4n) is 1.45. The molecular formula is C13H9Cl2I. The van der Waals surface area contributed by atoms with E-state index in [1.54, 1.807) is 0 Å². The fourth-order valence-corrected chi connectivity index (χ4v) is 2.14. The molecule has 0 spiro atoms. The summed E-state index contributed by atoms with van der Waals surface area (Å²) in [6, 6.07) is 12.1. The molecule has 0 bridgehead atoms. The maximum Gasteiger partial charge on any atom is 0.0545 e. The molecule has 0 aliphatic carbocycles. The Balaban J connectivity index is 2.50. The molecule has 2 rings (SSSR count). The van der Waals surface area contributed by atoms with Gasteiger partial charge in [-0.05, 0) is 64.4 Å². The van der Waals surface area contributed by atoms with Gasteiger partial charge in [-0.25, -0.2) is 0 Å². The van der Waals surface area contributed by atoms with Crippen molar-refractivity contribution in [2.45, 2.75) is 6.92 Å². The Hall–Kier alpha value is -0.250. The number of hydrogen-bond acceptors (Lipinski definition) is 0. The van der Waals surface area contributed by atoms with Crippen LogP contribution < -0.4 is 0 Å². The van der Waals surface area contributed by atoms with E-state index in [2.05, 4.69) is 34.7 Å². The summed E-state index contributed by atoms with van der Waals surface area (Å²) in [7, 11) is 0. The highest BCUT2D eigenvalue weighted by Gasteiger charge is 2.03. The second-order valence-electron chi connectivity index (χ2n) is 3.59. The minimum atomic E-state index is 0.773. The van der Waals surface area contributed by atoms with Gasteiger partial charge >= 0.3 is 0 Å². The van der Waals surface area contributed by atoms with Gasteiger partial charge in [0, 0.05) is 8.59 Å². The second-order valence-corrected chi connectivity index (χ2v) is 5.57. The van der Waals surface area contributed by atoms with E-state index in [1.807, 2.05) is 31.2 Å². The Morgan fingerprint density at radius 3 is 2.00 bits per heavy atom. The Morgan fingerprint density at radius 2 is 1.44 bits per heavy atom. The van der Waals surface area contributed by atoms with Crippen molar-refractivity contribution in [1.29, 1.82) is 0 Å². The molecule has 16 heavy (non-hydrogen) atoms. The van der Waals surface area contributed by atoms with Crippen LogP contribution in [0.4, 0.5) is 0 Å². The van der Waals surface area contributed by atoms with Gasteiger partial charge in [0.05, 0.1) is 5.02 Å². The summed E-state index contributed by atoms with van der Waals surface area (Å²) in [6.07, 6.45) is 0. The molecule has 3 heteroatoms. The summed E-state index contributed by atoms with van der Waals surface area (Å²) in [5, 5.41) is 1.56. The van der Waals surface area contributed by atoms with Crippen LogP contribution in [0.5, 0.6) is 0 Å². The first-order valence-corrected chi connectivity index (χ1v) is 6.63. The van der Waals surface area contributed by atoms with Gasteiger partial charge < -0.3 is 0 Å². The van der Waals surface area contributed by atoms with Gasteiger partial charge in [-0.15, -0.1) is 0 Å². The topological polar surface area (TPSA) is 0 Å². The van der Waals surface area contributed by atoms with Gasteiger partial charge in [0.15, 0.2) is 0 Å². The Morgan fingerprint density at radius 1 is 0.875 bits per heavy atom. The lowest BCUT2D eigenvalue weighted by Crippen LogP contribution is -1.82. The van der Waals surface area contributed by atoms with Gasteiger partial charge in [-0.1, -0.05) is 41.4 Å². The number of halogens is 3. The van der Waals surface area contributed by atoms with Crippen molar-refractivity contribution in [3.05, 3.63) is 55.6 Å². The van der Waals surface area contributed by atoms with Crippen LogP contribution in [0.2, 0.25) is 10.0 Å². The SMILES string of the molecule is Cc1ccc(-c2ccc(I)c(Cl)c2)cc1Cl. The third-order valence-corrected chi connectivity index (χ3v) is 4.40. The zero-order valence-corrected chi connectivity index (χ0v) is 12.3. The smallest absolute Gasteiger partial charge is 0.0545 e. The van der Waals surface area contributed by atoms with E-state index in [-0.39, 0.29) is 0 Å². The fraction of sp³-hybridized carbons (Fsp3) is 0.0769. The van der Waals surface area contributed by atoms with Gasteiger partial charge in [0.1, 0.15) is 0 Å². The van der Waals surface area contributed by atoms with Crippen LogP contribution >= 0.6 is 45.8 Å². The molecule has 0 saturated carbocycles. The summed E-state index contributed by atoms with van der Waals surface area (Å²) in [5.74, 6) is 0. The largest absolute Gasteiger partial charge is 0.0840 e. The van der Waals surface area contributed by atoms with Crippen molar-refractivity contribution >= 4 is 45.8 Å². The molecule has 0 unspecified atom stereocenters. The number of rotatable bonds is 1. The van der Waals surface area contributed by atoms with E-state index in [0.29, 0.717) is 0 Å². The average molecular weight is 363 g/mol. The van der Waals surface area contributed by atoms with Crippen molar-refractivity contribution in [3.8, 4) is 11.1 Å². The molecule has 0 amide bonds. The summed E-state index contributed by atoms with van der Waals surface area (Å²) in [6.45, 7) is 1.99. The molecule has 0 atom stereocenters. The predicted octanol–water partition coefficient (Wildman–Crippen LogP) is 5.57. The maximum absolute atomic E-state index is 6.10. The Labute approximate surface area is 119 Å². The van der Waals surface area contributed by atoms with Gasteiger partial charge in [0.2, 0.25) is 0 Å². The van der Waals surface area contributed by atoms with Crippen LogP contribution in [0.15, 0.2) is 36.4 Å². The molecule has 0 heterocycles. The third kappa shape index (κ3) is 2.53. The minimum Gasteiger partial charge on any atom is -0.0840 e. The first-order chi connectivity index (χ1) is 7.58. The molecule has 0 N–H and O–H groups in total. The molecule has 2 aromatic rings. The van der Waals surface area contributed by atoms with E-state index in [1.165, 1.54) is 0 Å². The molecule has 0 aliphatic rings. The molecule has 0 aliphatic heterocycles. The normalized spacial score (nSPS) is 10.5. The lowest BCUT2D eigenvalue weighted by atomic mass is 10.0. The van der Waals surface area contributed by atoms with Crippen LogP contribution in [-0.2, 0) is 0 Å². The van der Waals surface area contributed by atoms with Crippen molar-refractivity contribution in [1.82, 2.24) is 0 Å². The maximum atomic E-state index is 6.10. The van der Waals surface area contributed by atoms with Crippen LogP contribution in [0, 0.1) is 10.5 Å².